The van der Waals surface area contributed by atoms with Gasteiger partial charge in [0.05, 0.1) is 58.9 Å². The molecule has 1 aromatic rings. The van der Waals surface area contributed by atoms with Crippen LogP contribution in [0.25, 0.3) is 6.08 Å². The third-order valence-corrected chi connectivity index (χ3v) is 7.79. The zero-order valence-electron chi connectivity index (χ0n) is 17.5. The lowest BCUT2D eigenvalue weighted by atomic mass is 10.2. The van der Waals surface area contributed by atoms with E-state index in [1.54, 1.807) is 11.0 Å². The molecule has 2 aliphatic rings. The van der Waals surface area contributed by atoms with Crippen LogP contribution in [0.1, 0.15) is 19.4 Å². The first-order valence-electron chi connectivity index (χ1n) is 10.6. The maximum Gasteiger partial charge on any atom is 0.280 e. The number of hydrogen-bond acceptors (Lipinski definition) is 3. The van der Waals surface area contributed by atoms with Gasteiger partial charge in [-0.05, 0) is 25.5 Å². The molecule has 0 radical (unpaired) electrons. The van der Waals surface area contributed by atoms with Crippen LogP contribution in [0.5, 0.6) is 0 Å². The van der Waals surface area contributed by atoms with Crippen LogP contribution in [0.15, 0.2) is 35.7 Å². The molecule has 1 atom stereocenters. The number of carbonyl (C=O) groups excluding carboxylic acids is 1. The predicted molar refractivity (Wildman–Crippen MR) is 114 cm³/mol. The van der Waals surface area contributed by atoms with Crippen molar-refractivity contribution >= 4 is 22.0 Å². The van der Waals surface area contributed by atoms with E-state index in [1.165, 1.54) is 14.6 Å². The van der Waals surface area contributed by atoms with Gasteiger partial charge in [-0.15, -0.1) is 0 Å². The highest BCUT2D eigenvalue weighted by molar-refractivity contribution is 7.92. The Kier molecular flexibility index (Phi) is 7.45. The number of sulfonamides is 1. The molecule has 0 saturated carbocycles. The average molecular weight is 423 g/mol. The largest absolute Gasteiger partial charge is 0.332 e. The molecule has 0 spiro atoms. The Labute approximate surface area is 174 Å². The lowest BCUT2D eigenvalue weighted by Crippen LogP contribution is -3.19. The van der Waals surface area contributed by atoms with Gasteiger partial charge in [0.15, 0.2) is 6.04 Å². The molecule has 2 N–H and O–H groups in total. The molecule has 0 bridgehead atoms. The summed E-state index contributed by atoms with van der Waals surface area (Å²) in [6.45, 7) is 11.2. The molecular weight excluding hydrogens is 388 g/mol. The van der Waals surface area contributed by atoms with Gasteiger partial charge in [0, 0.05) is 5.41 Å². The van der Waals surface area contributed by atoms with E-state index in [2.05, 4.69) is 6.92 Å². The minimum atomic E-state index is -3.44. The van der Waals surface area contributed by atoms with Crippen molar-refractivity contribution in [3.8, 4) is 0 Å². The molecular formula is C21H34N4O3S+2. The van der Waals surface area contributed by atoms with Gasteiger partial charge >= 0.3 is 0 Å². The molecule has 1 amide bonds. The summed E-state index contributed by atoms with van der Waals surface area (Å²) in [5, 5.41) is 1.29. The van der Waals surface area contributed by atoms with E-state index in [-0.39, 0.29) is 11.9 Å². The van der Waals surface area contributed by atoms with Crippen molar-refractivity contribution in [3.05, 3.63) is 41.3 Å². The summed E-state index contributed by atoms with van der Waals surface area (Å²) >= 11 is 0. The molecule has 0 aliphatic carbocycles. The summed E-state index contributed by atoms with van der Waals surface area (Å²) in [5.41, 5.74) is 0.865. The molecule has 2 fully saturated rings. The number of nitrogens with zero attached hydrogens (tertiary/aromatic N) is 2. The van der Waals surface area contributed by atoms with Gasteiger partial charge in [-0.1, -0.05) is 30.3 Å². The molecule has 3 rings (SSSR count). The molecule has 2 saturated heterocycles. The van der Waals surface area contributed by atoms with Gasteiger partial charge in [-0.3, -0.25) is 4.79 Å². The van der Waals surface area contributed by atoms with Gasteiger partial charge in [-0.25, -0.2) is 8.42 Å². The van der Waals surface area contributed by atoms with Gasteiger partial charge < -0.3 is 14.7 Å². The third-order valence-electron chi connectivity index (χ3n) is 6.22. The van der Waals surface area contributed by atoms with Crippen LogP contribution in [-0.2, 0) is 14.8 Å². The van der Waals surface area contributed by atoms with Crippen molar-refractivity contribution < 1.29 is 23.0 Å². The molecule has 8 heteroatoms. The second-order valence-electron chi connectivity index (χ2n) is 7.97. The Morgan fingerprint density at radius 3 is 2.28 bits per heavy atom. The summed E-state index contributed by atoms with van der Waals surface area (Å²) in [7, 11) is -3.44. The van der Waals surface area contributed by atoms with Crippen molar-refractivity contribution in [2.75, 3.05) is 58.9 Å². The number of piperazine rings is 2. The monoisotopic (exact) mass is 422 g/mol. The van der Waals surface area contributed by atoms with E-state index in [1.807, 2.05) is 42.2 Å². The van der Waals surface area contributed by atoms with Crippen LogP contribution in [0, 0.1) is 0 Å². The zero-order valence-corrected chi connectivity index (χ0v) is 18.3. The quantitative estimate of drug-likeness (QED) is 0.576. The highest BCUT2D eigenvalue weighted by Gasteiger charge is 2.35. The standard InChI is InChI=1S/C21H32N4O3S/c1-3-22-10-12-24(13-11-22)21(26)19(2)23-14-16-25(17-15-23)29(27,28)18-9-20-7-5-4-6-8-20/h4-9,18-19H,3,10-17H2,1-2H3/p+2/b18-9+/t19-/m1/s1. The number of rotatable bonds is 6. The maximum atomic E-state index is 12.9. The molecule has 29 heavy (non-hydrogen) atoms. The molecule has 2 heterocycles. The lowest BCUT2D eigenvalue weighted by Gasteiger charge is -2.37. The van der Waals surface area contributed by atoms with E-state index in [9.17, 15) is 13.2 Å². The van der Waals surface area contributed by atoms with Crippen LogP contribution in [-0.4, -0.2) is 88.5 Å². The van der Waals surface area contributed by atoms with Gasteiger partial charge in [0.25, 0.3) is 5.91 Å². The summed E-state index contributed by atoms with van der Waals surface area (Å²) in [6.07, 6.45) is 1.64. The first-order chi connectivity index (χ1) is 13.9. The lowest BCUT2D eigenvalue weighted by molar-refractivity contribution is -0.918. The maximum absolute atomic E-state index is 12.9. The Hall–Kier alpha value is -1.74. The van der Waals surface area contributed by atoms with Crippen molar-refractivity contribution in [3.63, 3.8) is 0 Å². The van der Waals surface area contributed by atoms with Crippen molar-refractivity contribution in [1.82, 2.24) is 9.21 Å². The van der Waals surface area contributed by atoms with Crippen molar-refractivity contribution in [2.24, 2.45) is 0 Å². The minimum Gasteiger partial charge on any atom is -0.332 e. The van der Waals surface area contributed by atoms with E-state index >= 15 is 0 Å². The molecule has 0 unspecified atom stereocenters. The van der Waals surface area contributed by atoms with Crippen LogP contribution >= 0.6 is 0 Å². The number of quaternary nitrogens is 2. The van der Waals surface area contributed by atoms with Gasteiger partial charge in [0.1, 0.15) is 0 Å². The average Bonchev–Trinajstić information content (AvgIpc) is 2.77. The predicted octanol–water partition coefficient (Wildman–Crippen LogP) is -1.68. The molecule has 160 valence electrons. The number of hydrogen-bond donors (Lipinski definition) is 2. The van der Waals surface area contributed by atoms with E-state index in [0.29, 0.717) is 26.2 Å². The Morgan fingerprint density at radius 2 is 1.69 bits per heavy atom. The van der Waals surface area contributed by atoms with Gasteiger partial charge in [0.2, 0.25) is 10.0 Å². The van der Waals surface area contributed by atoms with E-state index in [0.717, 1.165) is 38.3 Å². The number of nitrogens with one attached hydrogen (secondary N) is 2. The number of benzene rings is 1. The van der Waals surface area contributed by atoms with Crippen LogP contribution in [0.2, 0.25) is 0 Å². The Balaban J connectivity index is 1.51. The topological polar surface area (TPSA) is 66.6 Å². The number of likely N-dealkylation sites (N-methyl/N-ethyl adjacent to an activating group) is 1. The third kappa shape index (κ3) is 5.66. The van der Waals surface area contributed by atoms with E-state index < -0.39 is 10.0 Å². The number of carbonyl (C=O) groups is 1. The van der Waals surface area contributed by atoms with E-state index in [4.69, 9.17) is 0 Å². The molecule has 7 nitrogen and oxygen atoms in total. The molecule has 2 aliphatic heterocycles. The Bertz CT molecular complexity index is 796. The first kappa shape index (κ1) is 22.0. The fraction of sp³-hybridized carbons (Fsp3) is 0.571. The van der Waals surface area contributed by atoms with Gasteiger partial charge in [-0.2, -0.15) is 4.31 Å². The first-order valence-corrected chi connectivity index (χ1v) is 12.1. The minimum absolute atomic E-state index is 0.122. The number of amides is 1. The highest BCUT2D eigenvalue weighted by atomic mass is 32.2. The Morgan fingerprint density at radius 1 is 1.07 bits per heavy atom. The molecule has 1 aromatic carbocycles. The summed E-state index contributed by atoms with van der Waals surface area (Å²) in [5.74, 6) is 0.204. The van der Waals surface area contributed by atoms with Crippen LogP contribution in [0.3, 0.4) is 0 Å². The zero-order chi connectivity index (χ0) is 20.9. The molecule has 0 aromatic heterocycles. The normalized spacial score (nSPS) is 21.5. The SMILES string of the molecule is CC[NH+]1CCN(C(=O)[C@@H](C)[NH+]2CCN(S(=O)(=O)/C=C/c3ccccc3)CC2)CC1. The summed E-state index contributed by atoms with van der Waals surface area (Å²) in [6, 6.07) is 9.31. The second-order valence-corrected chi connectivity index (χ2v) is 9.78. The highest BCUT2D eigenvalue weighted by Crippen LogP contribution is 2.08. The fourth-order valence-corrected chi connectivity index (χ4v) is 5.31. The van der Waals surface area contributed by atoms with Crippen molar-refractivity contribution in [1.29, 1.82) is 0 Å². The second kappa shape index (κ2) is 9.84. The van der Waals surface area contributed by atoms with Crippen molar-refractivity contribution in [2.45, 2.75) is 19.9 Å². The van der Waals surface area contributed by atoms with Crippen LogP contribution in [0.4, 0.5) is 0 Å². The smallest absolute Gasteiger partial charge is 0.280 e. The summed E-state index contributed by atoms with van der Waals surface area (Å²) in [4.78, 5) is 17.6. The fourth-order valence-electron chi connectivity index (χ4n) is 4.12. The summed E-state index contributed by atoms with van der Waals surface area (Å²) < 4.78 is 26.8. The van der Waals surface area contributed by atoms with Crippen LogP contribution < -0.4 is 9.80 Å².